The number of hydrogen-bond acceptors (Lipinski definition) is 2. The van der Waals surface area contributed by atoms with Crippen LogP contribution < -0.4 is 4.74 Å². The first-order chi connectivity index (χ1) is 7.38. The fourth-order valence-electron chi connectivity index (χ4n) is 1.28. The van der Waals surface area contributed by atoms with Crippen LogP contribution in [0.5, 0.6) is 5.75 Å². The molecule has 0 amide bonds. The molecule has 1 aliphatic rings. The van der Waals surface area contributed by atoms with Crippen LogP contribution in [0.3, 0.4) is 0 Å². The maximum Gasteiger partial charge on any atom is 0.189 e. The molecule has 1 aromatic carbocycles. The number of alkyl halides is 1. The predicted molar refractivity (Wildman–Crippen MR) is 63.2 cm³/mol. The summed E-state index contributed by atoms with van der Waals surface area (Å²) in [6.45, 7) is 1.21. The van der Waals surface area contributed by atoms with Gasteiger partial charge in [-0.1, -0.05) is 28.1 Å². The molecule has 2 nitrogen and oxygen atoms in total. The number of rotatable bonds is 6. The van der Waals surface area contributed by atoms with Crippen LogP contribution in [0.4, 0.5) is 0 Å². The van der Waals surface area contributed by atoms with Crippen LogP contribution in [0, 0.1) is 5.92 Å². The molecule has 1 aliphatic carbocycles. The average molecular weight is 271 g/mol. The van der Waals surface area contributed by atoms with Crippen molar-refractivity contribution in [3.63, 3.8) is 0 Å². The fraction of sp³-hybridized carbons (Fsp3) is 0.500. The van der Waals surface area contributed by atoms with Crippen molar-refractivity contribution >= 4 is 15.9 Å². The average Bonchev–Trinajstić information content (AvgIpc) is 3.09. The molecular formula is C12H15BrO2. The number of hydrogen-bond donors (Lipinski definition) is 0. The molecule has 15 heavy (non-hydrogen) atoms. The Kier molecular flexibility index (Phi) is 4.03. The molecule has 2 rings (SSSR count). The van der Waals surface area contributed by atoms with Crippen molar-refractivity contribution in [2.24, 2.45) is 5.92 Å². The fourth-order valence-corrected chi connectivity index (χ4v) is 1.66. The van der Waals surface area contributed by atoms with Crippen molar-refractivity contribution in [2.45, 2.75) is 18.2 Å². The molecule has 0 unspecified atom stereocenters. The molecule has 0 atom stereocenters. The van der Waals surface area contributed by atoms with Crippen molar-refractivity contribution in [1.82, 2.24) is 0 Å². The highest BCUT2D eigenvalue weighted by atomic mass is 79.9. The molecule has 0 aliphatic heterocycles. The lowest BCUT2D eigenvalue weighted by atomic mass is 10.2. The summed E-state index contributed by atoms with van der Waals surface area (Å²) in [5.41, 5.74) is 1.25. The molecule has 1 aromatic rings. The van der Waals surface area contributed by atoms with Crippen molar-refractivity contribution in [3.05, 3.63) is 29.8 Å². The summed E-state index contributed by atoms with van der Waals surface area (Å²) in [7, 11) is 0. The van der Waals surface area contributed by atoms with E-state index in [2.05, 4.69) is 15.9 Å². The highest BCUT2D eigenvalue weighted by Crippen LogP contribution is 2.28. The lowest BCUT2D eigenvalue weighted by Crippen LogP contribution is -2.04. The highest BCUT2D eigenvalue weighted by molar-refractivity contribution is 9.08. The van der Waals surface area contributed by atoms with Gasteiger partial charge in [-0.25, -0.2) is 0 Å². The third kappa shape index (κ3) is 3.84. The molecule has 82 valence electrons. The van der Waals surface area contributed by atoms with E-state index in [4.69, 9.17) is 9.47 Å². The summed E-state index contributed by atoms with van der Waals surface area (Å²) in [6.07, 6.45) is 2.64. The van der Waals surface area contributed by atoms with Crippen molar-refractivity contribution < 1.29 is 9.47 Å². The Balaban J connectivity index is 1.67. The maximum atomic E-state index is 5.45. The molecule has 0 heterocycles. The topological polar surface area (TPSA) is 18.5 Å². The lowest BCUT2D eigenvalue weighted by molar-refractivity contribution is 0.00998. The Bertz CT molecular complexity index is 293. The Labute approximate surface area is 98.7 Å². The standard InChI is InChI=1S/C12H15BrO2/c13-7-10-3-5-12(6-4-10)15-9-14-8-11-1-2-11/h3-6,11H,1-2,7-9H2. The summed E-state index contributed by atoms with van der Waals surface area (Å²) in [5, 5.41) is 0.880. The number of ether oxygens (including phenoxy) is 2. The van der Waals surface area contributed by atoms with Gasteiger partial charge in [0.1, 0.15) is 5.75 Å². The van der Waals surface area contributed by atoms with Gasteiger partial charge in [-0.15, -0.1) is 0 Å². The van der Waals surface area contributed by atoms with E-state index in [0.717, 1.165) is 23.6 Å². The van der Waals surface area contributed by atoms with Gasteiger partial charge in [-0.2, -0.15) is 0 Å². The molecule has 1 fully saturated rings. The van der Waals surface area contributed by atoms with Crippen molar-refractivity contribution in [1.29, 1.82) is 0 Å². The van der Waals surface area contributed by atoms with Gasteiger partial charge >= 0.3 is 0 Å². The SMILES string of the molecule is BrCc1ccc(OCOCC2CC2)cc1. The second-order valence-corrected chi connectivity index (χ2v) is 4.41. The van der Waals surface area contributed by atoms with Crippen LogP contribution in [-0.2, 0) is 10.1 Å². The summed E-state index contributed by atoms with van der Waals surface area (Å²) in [5.74, 6) is 1.67. The Morgan fingerprint density at radius 1 is 1.20 bits per heavy atom. The summed E-state index contributed by atoms with van der Waals surface area (Å²) in [6, 6.07) is 8.03. The molecule has 0 aromatic heterocycles. The lowest BCUT2D eigenvalue weighted by Gasteiger charge is -2.06. The minimum Gasteiger partial charge on any atom is -0.468 e. The summed E-state index contributed by atoms with van der Waals surface area (Å²) >= 11 is 3.40. The smallest absolute Gasteiger partial charge is 0.189 e. The van der Waals surface area contributed by atoms with E-state index in [1.165, 1.54) is 18.4 Å². The van der Waals surface area contributed by atoms with Crippen LogP contribution in [0.2, 0.25) is 0 Å². The largest absolute Gasteiger partial charge is 0.468 e. The number of benzene rings is 1. The summed E-state index contributed by atoms with van der Waals surface area (Å²) < 4.78 is 10.8. The molecule has 0 spiro atoms. The van der Waals surface area contributed by atoms with Gasteiger partial charge < -0.3 is 9.47 Å². The van der Waals surface area contributed by atoms with E-state index in [1.807, 2.05) is 24.3 Å². The second kappa shape index (κ2) is 5.52. The Morgan fingerprint density at radius 2 is 1.93 bits per heavy atom. The Hall–Kier alpha value is -0.540. The van der Waals surface area contributed by atoms with E-state index in [0.29, 0.717) is 6.79 Å². The van der Waals surface area contributed by atoms with Crippen LogP contribution in [0.1, 0.15) is 18.4 Å². The zero-order valence-electron chi connectivity index (χ0n) is 8.62. The van der Waals surface area contributed by atoms with Crippen molar-refractivity contribution in [3.8, 4) is 5.75 Å². The van der Waals surface area contributed by atoms with Gasteiger partial charge in [0.15, 0.2) is 6.79 Å². The first kappa shape index (κ1) is 11.0. The molecule has 3 heteroatoms. The Morgan fingerprint density at radius 3 is 2.53 bits per heavy atom. The number of halogens is 1. The van der Waals surface area contributed by atoms with E-state index >= 15 is 0 Å². The van der Waals surface area contributed by atoms with Gasteiger partial charge in [0.05, 0.1) is 6.61 Å². The van der Waals surface area contributed by atoms with Gasteiger partial charge in [0.25, 0.3) is 0 Å². The third-order valence-corrected chi connectivity index (χ3v) is 3.08. The van der Waals surface area contributed by atoms with Crippen LogP contribution in [0.25, 0.3) is 0 Å². The first-order valence-electron chi connectivity index (χ1n) is 5.24. The zero-order valence-corrected chi connectivity index (χ0v) is 10.2. The van der Waals surface area contributed by atoms with Gasteiger partial charge in [0, 0.05) is 5.33 Å². The van der Waals surface area contributed by atoms with Crippen LogP contribution in [0.15, 0.2) is 24.3 Å². The van der Waals surface area contributed by atoms with Gasteiger partial charge in [-0.3, -0.25) is 0 Å². The molecule has 1 saturated carbocycles. The first-order valence-corrected chi connectivity index (χ1v) is 6.36. The van der Waals surface area contributed by atoms with Crippen LogP contribution in [-0.4, -0.2) is 13.4 Å². The quantitative estimate of drug-likeness (QED) is 0.449. The molecule has 0 saturated heterocycles. The highest BCUT2D eigenvalue weighted by Gasteiger charge is 2.20. The molecule has 0 radical (unpaired) electrons. The van der Waals surface area contributed by atoms with E-state index in [9.17, 15) is 0 Å². The van der Waals surface area contributed by atoms with Gasteiger partial charge in [-0.05, 0) is 36.5 Å². The zero-order chi connectivity index (χ0) is 10.5. The predicted octanol–water partition coefficient (Wildman–Crippen LogP) is 3.34. The second-order valence-electron chi connectivity index (χ2n) is 3.85. The monoisotopic (exact) mass is 270 g/mol. The molecular weight excluding hydrogens is 256 g/mol. The molecule has 0 N–H and O–H groups in total. The van der Waals surface area contributed by atoms with E-state index in [-0.39, 0.29) is 0 Å². The summed E-state index contributed by atoms with van der Waals surface area (Å²) in [4.78, 5) is 0. The third-order valence-electron chi connectivity index (χ3n) is 2.44. The van der Waals surface area contributed by atoms with E-state index < -0.39 is 0 Å². The minimum absolute atomic E-state index is 0.365. The molecule has 0 bridgehead atoms. The van der Waals surface area contributed by atoms with Gasteiger partial charge in [0.2, 0.25) is 0 Å². The van der Waals surface area contributed by atoms with Crippen LogP contribution >= 0.6 is 15.9 Å². The van der Waals surface area contributed by atoms with E-state index in [1.54, 1.807) is 0 Å². The van der Waals surface area contributed by atoms with Crippen molar-refractivity contribution in [2.75, 3.05) is 13.4 Å². The minimum atomic E-state index is 0.365. The maximum absolute atomic E-state index is 5.45. The normalized spacial score (nSPS) is 15.3.